The van der Waals surface area contributed by atoms with Crippen LogP contribution in [0.3, 0.4) is 0 Å². The van der Waals surface area contributed by atoms with Gasteiger partial charge in [-0.3, -0.25) is 0 Å². The van der Waals surface area contributed by atoms with Crippen LogP contribution < -0.4 is 0 Å². The van der Waals surface area contributed by atoms with Gasteiger partial charge in [0.25, 0.3) is 0 Å². The molecule has 0 heterocycles. The molecule has 0 aliphatic carbocycles. The van der Waals surface area contributed by atoms with E-state index in [4.69, 9.17) is 8.15 Å². The van der Waals surface area contributed by atoms with Gasteiger partial charge in [0.2, 0.25) is 0 Å². The third-order valence-electron chi connectivity index (χ3n) is 5.33. The zero-order valence-electron chi connectivity index (χ0n) is 18.2. The zero-order valence-corrected chi connectivity index (χ0v) is 19.9. The average molecular weight is 416 g/mol. The predicted octanol–water partition coefficient (Wildman–Crippen LogP) is 3.93. The topological polar surface area (TPSA) is 62.3 Å². The second kappa shape index (κ2) is 11.2. The molecule has 0 aromatic rings. The molecule has 0 spiro atoms. The first-order valence-electron chi connectivity index (χ1n) is 9.72. The van der Waals surface area contributed by atoms with E-state index in [-0.39, 0.29) is 0 Å². The molecule has 0 unspecified atom stereocenters. The molecule has 26 heavy (non-hydrogen) atoms. The first kappa shape index (κ1) is 26.2. The molecule has 0 fully saturated rings. The second-order valence-corrected chi connectivity index (χ2v) is 13.5. The van der Waals surface area contributed by atoms with Crippen LogP contribution in [0.2, 0.25) is 0 Å². The van der Waals surface area contributed by atoms with Gasteiger partial charge in [0.05, 0.1) is 0 Å². The summed E-state index contributed by atoms with van der Waals surface area (Å²) in [5.41, 5.74) is 0. The van der Waals surface area contributed by atoms with Crippen molar-refractivity contribution >= 4 is 17.7 Å². The molecule has 0 bridgehead atoms. The molecule has 0 N–H and O–H groups in total. The van der Waals surface area contributed by atoms with Crippen molar-refractivity contribution in [1.82, 2.24) is 14.0 Å². The molecule has 0 aliphatic rings. The van der Waals surface area contributed by atoms with Gasteiger partial charge in [-0.1, -0.05) is 0 Å². The summed E-state index contributed by atoms with van der Waals surface area (Å²) in [5.74, 6) is 0. The van der Waals surface area contributed by atoms with E-state index in [1.807, 2.05) is 27.8 Å². The van der Waals surface area contributed by atoms with Crippen molar-refractivity contribution in [3.8, 4) is 0 Å². The number of hydrogen-bond donors (Lipinski definition) is 0. The van der Waals surface area contributed by atoms with Gasteiger partial charge >= 0.3 is 162 Å². The van der Waals surface area contributed by atoms with Crippen LogP contribution in [-0.4, -0.2) is 77.0 Å². The Labute approximate surface area is 162 Å². The minimum absolute atomic E-state index is 0.761. The fourth-order valence-electron chi connectivity index (χ4n) is 3.05. The molecule has 160 valence electrons. The van der Waals surface area contributed by atoms with Crippen LogP contribution in [0.15, 0.2) is 0 Å². The van der Waals surface area contributed by atoms with Gasteiger partial charge in [-0.25, -0.2) is 0 Å². The van der Waals surface area contributed by atoms with Gasteiger partial charge < -0.3 is 0 Å². The molecular formula is C17H42N3O4PS. The molecule has 0 aliphatic heterocycles. The zero-order chi connectivity index (χ0) is 20.5. The van der Waals surface area contributed by atoms with E-state index in [1.54, 1.807) is 0 Å². The predicted molar refractivity (Wildman–Crippen MR) is 112 cm³/mol. The molecule has 9 heteroatoms. The Morgan fingerprint density at radius 1 is 0.769 bits per heavy atom. The van der Waals surface area contributed by atoms with E-state index in [1.165, 1.54) is 0 Å². The van der Waals surface area contributed by atoms with Crippen LogP contribution in [0.4, 0.5) is 0 Å². The van der Waals surface area contributed by atoms with Crippen LogP contribution in [-0.2, 0) is 18.6 Å². The van der Waals surface area contributed by atoms with Crippen molar-refractivity contribution in [2.45, 2.75) is 59.3 Å². The summed E-state index contributed by atoms with van der Waals surface area (Å²) in [7, 11) is -0.628. The minimum atomic E-state index is -4.11. The molecule has 0 aromatic carbocycles. The van der Waals surface area contributed by atoms with Gasteiger partial charge in [0.1, 0.15) is 0 Å². The Bertz CT molecular complexity index is 465. The van der Waals surface area contributed by atoms with Crippen LogP contribution >= 0.6 is 7.28 Å². The fraction of sp³-hybridized carbons (Fsp3) is 1.00. The van der Waals surface area contributed by atoms with Gasteiger partial charge in [-0.05, 0) is 0 Å². The maximum atomic E-state index is 12.5. The molecule has 0 aromatic heterocycles. The van der Waals surface area contributed by atoms with Crippen LogP contribution in [0.1, 0.15) is 59.3 Å². The monoisotopic (exact) mass is 415 g/mol. The second-order valence-electron chi connectivity index (χ2n) is 7.15. The van der Waals surface area contributed by atoms with E-state index in [0.717, 1.165) is 65.3 Å². The molecule has 0 amide bonds. The molecule has 0 radical (unpaired) electrons. The number of nitrogens with zero attached hydrogens (tertiary/aromatic N) is 3. The van der Waals surface area contributed by atoms with Crippen molar-refractivity contribution in [3.05, 3.63) is 0 Å². The van der Waals surface area contributed by atoms with E-state index in [9.17, 15) is 8.42 Å². The number of rotatable bonds is 15. The molecule has 0 saturated carbocycles. The van der Waals surface area contributed by atoms with E-state index in [0.29, 0.717) is 0 Å². The number of unbranched alkanes of at least 4 members (excludes halogenated alkanes) is 3. The average Bonchev–Trinajstić information content (AvgIpc) is 2.61. The van der Waals surface area contributed by atoms with Crippen molar-refractivity contribution in [1.29, 1.82) is 0 Å². The molecule has 0 atom stereocenters. The van der Waals surface area contributed by atoms with Crippen LogP contribution in [0.5, 0.6) is 0 Å². The number of hydrogen-bond acceptors (Lipinski definition) is 7. The fourth-order valence-corrected chi connectivity index (χ4v) is 9.74. The summed E-state index contributed by atoms with van der Waals surface area (Å²) in [6.45, 7) is 10.7. The summed E-state index contributed by atoms with van der Waals surface area (Å²) < 4.78 is 42.0. The normalized spacial score (nSPS) is 15.0. The Hall–Kier alpha value is 0.180. The Kier molecular flexibility index (Phi) is 11.3. The van der Waals surface area contributed by atoms with E-state index in [2.05, 4.69) is 34.8 Å². The molecular weight excluding hydrogens is 373 g/mol. The molecule has 0 rings (SSSR count). The summed E-state index contributed by atoms with van der Waals surface area (Å²) in [5, 5.41) is 0. The molecule has 7 nitrogen and oxygen atoms in total. The first-order valence-corrected chi connectivity index (χ1v) is 13.5. The van der Waals surface area contributed by atoms with Gasteiger partial charge in [0, 0.05) is 0 Å². The molecule has 0 saturated heterocycles. The SMILES string of the molecule is CCCCN(C)P(C)(OS(=O)(=O)OC)(N(C)CCCC)N(C)CCCC. The van der Waals surface area contributed by atoms with E-state index < -0.39 is 17.7 Å². The van der Waals surface area contributed by atoms with Gasteiger partial charge in [-0.2, -0.15) is 0 Å². The summed E-state index contributed by atoms with van der Waals surface area (Å²) in [6.07, 6.45) is 6.02. The van der Waals surface area contributed by atoms with E-state index >= 15 is 0 Å². The third kappa shape index (κ3) is 6.09. The standard InChI is InChI=1S/C17H42N3O4PS/c1-9-12-15-18(4)25(8,19(5)16-13-10-2,20(6)17-14-11-3)24-26(21,22)23-7/h9-17H2,1-8H3. The van der Waals surface area contributed by atoms with Crippen molar-refractivity contribution in [2.75, 3.05) is 54.6 Å². The Morgan fingerprint density at radius 2 is 1.08 bits per heavy atom. The van der Waals surface area contributed by atoms with Crippen molar-refractivity contribution in [2.24, 2.45) is 0 Å². The quantitative estimate of drug-likeness (QED) is 0.376. The maximum absolute atomic E-state index is 12.5. The summed E-state index contributed by atoms with van der Waals surface area (Å²) in [6, 6.07) is 0. The third-order valence-corrected chi connectivity index (χ3v) is 13.2. The van der Waals surface area contributed by atoms with Gasteiger partial charge in [0.15, 0.2) is 0 Å². The Morgan fingerprint density at radius 3 is 1.31 bits per heavy atom. The Balaban J connectivity index is 6.28. The van der Waals surface area contributed by atoms with Gasteiger partial charge in [-0.15, -0.1) is 0 Å². The van der Waals surface area contributed by atoms with Crippen molar-refractivity contribution < 1.29 is 16.6 Å². The van der Waals surface area contributed by atoms with Crippen LogP contribution in [0.25, 0.3) is 0 Å². The summed E-state index contributed by atoms with van der Waals surface area (Å²) in [4.78, 5) is 0. The van der Waals surface area contributed by atoms with Crippen molar-refractivity contribution in [3.63, 3.8) is 0 Å². The first-order chi connectivity index (χ1) is 12.0. The van der Waals surface area contributed by atoms with Crippen LogP contribution in [0, 0.1) is 0 Å². The summed E-state index contributed by atoms with van der Waals surface area (Å²) >= 11 is 0.